The van der Waals surface area contributed by atoms with Crippen LogP contribution in [0.3, 0.4) is 0 Å². The van der Waals surface area contributed by atoms with Crippen LogP contribution < -0.4 is 4.90 Å². The van der Waals surface area contributed by atoms with Gasteiger partial charge in [0.1, 0.15) is 27.8 Å². The van der Waals surface area contributed by atoms with Gasteiger partial charge in [-0.1, -0.05) is 60.7 Å². The molecule has 3 heterocycles. The normalized spacial score (nSPS) is 12.1. The molecule has 0 spiro atoms. The Labute approximate surface area is 250 Å². The number of fused-ring (bicyclic) bond motifs is 6. The van der Waals surface area contributed by atoms with E-state index < -0.39 is 0 Å². The summed E-state index contributed by atoms with van der Waals surface area (Å²) in [6, 6.07) is 45.5. The van der Waals surface area contributed by atoms with Gasteiger partial charge in [-0.2, -0.15) is 0 Å². The lowest BCUT2D eigenvalue weighted by atomic mass is 10.0. The molecule has 206 valence electrons. The zero-order valence-electron chi connectivity index (χ0n) is 23.3. The van der Waals surface area contributed by atoms with E-state index in [1.807, 2.05) is 48.5 Å². The Kier molecular flexibility index (Phi) is 4.66. The molecule has 3 aromatic heterocycles. The molecule has 0 N–H and O–H groups in total. The second-order valence-corrected chi connectivity index (χ2v) is 11.2. The standard InChI is InChI=1S/C39H22N2O3/c1-2-8-24(9-3-1)41(26-20-21-28-27-10-4-5-13-31(27)42-34(28)22-26)25-18-16-23(17-19-25)39-40-37-29-11-6-14-32-35(29)36-30(38(37)44-39)12-7-15-33(36)43-32/h1-22H. The zero-order valence-corrected chi connectivity index (χ0v) is 23.3. The van der Waals surface area contributed by atoms with Gasteiger partial charge in [-0.25, -0.2) is 4.98 Å². The average Bonchev–Trinajstić information content (AvgIpc) is 3.79. The Hall–Kier alpha value is -6.07. The summed E-state index contributed by atoms with van der Waals surface area (Å²) in [5.74, 6) is 0.590. The lowest BCUT2D eigenvalue weighted by Gasteiger charge is -2.25. The second kappa shape index (κ2) is 8.72. The molecule has 0 unspecified atom stereocenters. The number of hydrogen-bond donors (Lipinski definition) is 0. The predicted molar refractivity (Wildman–Crippen MR) is 177 cm³/mol. The van der Waals surface area contributed by atoms with Gasteiger partial charge in [-0.15, -0.1) is 0 Å². The molecular formula is C39H22N2O3. The molecule has 0 radical (unpaired) electrons. The zero-order chi connectivity index (χ0) is 28.8. The van der Waals surface area contributed by atoms with Crippen LogP contribution in [0, 0.1) is 0 Å². The van der Waals surface area contributed by atoms with Gasteiger partial charge in [-0.3, -0.25) is 0 Å². The summed E-state index contributed by atoms with van der Waals surface area (Å²) in [4.78, 5) is 7.26. The Balaban J connectivity index is 1.11. The molecule has 44 heavy (non-hydrogen) atoms. The minimum atomic E-state index is 0.590. The van der Waals surface area contributed by atoms with E-state index in [9.17, 15) is 0 Å². The van der Waals surface area contributed by atoms with Crippen molar-refractivity contribution in [2.24, 2.45) is 0 Å². The number of anilines is 3. The van der Waals surface area contributed by atoms with E-state index in [1.54, 1.807) is 0 Å². The van der Waals surface area contributed by atoms with Gasteiger partial charge in [-0.05, 0) is 66.7 Å². The fraction of sp³-hybridized carbons (Fsp3) is 0. The molecular weight excluding hydrogens is 544 g/mol. The van der Waals surface area contributed by atoms with Gasteiger partial charge < -0.3 is 18.2 Å². The molecule has 0 saturated heterocycles. The van der Waals surface area contributed by atoms with Gasteiger partial charge in [0.2, 0.25) is 5.89 Å². The van der Waals surface area contributed by atoms with E-state index in [-0.39, 0.29) is 0 Å². The van der Waals surface area contributed by atoms with E-state index in [2.05, 4.69) is 89.8 Å². The lowest BCUT2D eigenvalue weighted by Crippen LogP contribution is -2.09. The van der Waals surface area contributed by atoms with E-state index >= 15 is 0 Å². The minimum Gasteiger partial charge on any atom is -0.456 e. The number of hydrogen-bond acceptors (Lipinski definition) is 5. The van der Waals surface area contributed by atoms with Crippen molar-refractivity contribution in [1.82, 2.24) is 4.98 Å². The number of oxazole rings is 1. The summed E-state index contributed by atoms with van der Waals surface area (Å²) < 4.78 is 18.9. The van der Waals surface area contributed by atoms with Crippen molar-refractivity contribution in [2.75, 3.05) is 4.90 Å². The van der Waals surface area contributed by atoms with Crippen LogP contribution in [0.5, 0.6) is 0 Å². The fourth-order valence-electron chi connectivity index (χ4n) is 6.69. The third-order valence-corrected chi connectivity index (χ3v) is 8.66. The Morgan fingerprint density at radius 2 is 1.05 bits per heavy atom. The largest absolute Gasteiger partial charge is 0.456 e. The van der Waals surface area contributed by atoms with Crippen LogP contribution in [0.25, 0.3) is 77.2 Å². The lowest BCUT2D eigenvalue weighted by molar-refractivity contribution is 0.623. The quantitative estimate of drug-likeness (QED) is 0.198. The molecule has 7 aromatic carbocycles. The van der Waals surface area contributed by atoms with E-state index in [4.69, 9.17) is 18.2 Å². The van der Waals surface area contributed by atoms with Gasteiger partial charge in [0.15, 0.2) is 5.58 Å². The number of furan rings is 2. The van der Waals surface area contributed by atoms with Crippen molar-refractivity contribution >= 4 is 82.8 Å². The molecule has 10 aromatic rings. The first kappa shape index (κ1) is 23.5. The molecule has 0 amide bonds. The molecule has 5 nitrogen and oxygen atoms in total. The van der Waals surface area contributed by atoms with Gasteiger partial charge in [0.05, 0.1) is 0 Å². The van der Waals surface area contributed by atoms with Crippen molar-refractivity contribution in [1.29, 1.82) is 0 Å². The smallest absolute Gasteiger partial charge is 0.227 e. The van der Waals surface area contributed by atoms with Crippen LogP contribution in [0.1, 0.15) is 0 Å². The van der Waals surface area contributed by atoms with Crippen LogP contribution in [-0.4, -0.2) is 4.98 Å². The highest BCUT2D eigenvalue weighted by molar-refractivity contribution is 6.31. The summed E-state index contributed by atoms with van der Waals surface area (Å²) >= 11 is 0. The Morgan fingerprint density at radius 3 is 1.89 bits per heavy atom. The first-order chi connectivity index (χ1) is 21.8. The van der Waals surface area contributed by atoms with Gasteiger partial charge >= 0.3 is 0 Å². The maximum atomic E-state index is 6.51. The van der Waals surface area contributed by atoms with Crippen LogP contribution in [0.2, 0.25) is 0 Å². The van der Waals surface area contributed by atoms with Gasteiger partial charge in [0.25, 0.3) is 0 Å². The SMILES string of the molecule is c1ccc(N(c2ccc(-c3nc4c5cccc6oc7cccc(c4o3)c7c65)cc2)c2ccc3c(c2)oc2ccccc23)cc1. The highest BCUT2D eigenvalue weighted by atomic mass is 16.4. The summed E-state index contributed by atoms with van der Waals surface area (Å²) in [5, 5.41) is 6.47. The summed E-state index contributed by atoms with van der Waals surface area (Å²) in [7, 11) is 0. The number of benzene rings is 7. The number of aromatic nitrogens is 1. The van der Waals surface area contributed by atoms with Crippen LogP contribution in [-0.2, 0) is 0 Å². The van der Waals surface area contributed by atoms with Crippen molar-refractivity contribution < 1.29 is 13.3 Å². The molecule has 0 bridgehead atoms. The van der Waals surface area contributed by atoms with Crippen LogP contribution >= 0.6 is 0 Å². The molecule has 0 saturated carbocycles. The highest BCUT2D eigenvalue weighted by Gasteiger charge is 2.22. The number of rotatable bonds is 4. The second-order valence-electron chi connectivity index (χ2n) is 11.2. The van der Waals surface area contributed by atoms with Crippen LogP contribution in [0.4, 0.5) is 17.1 Å². The minimum absolute atomic E-state index is 0.590. The topological polar surface area (TPSA) is 55.6 Å². The van der Waals surface area contributed by atoms with Crippen molar-refractivity contribution in [2.45, 2.75) is 0 Å². The molecule has 10 rings (SSSR count). The predicted octanol–water partition coefficient (Wildman–Crippen LogP) is 11.4. The first-order valence-electron chi connectivity index (χ1n) is 14.6. The molecule has 5 heteroatoms. The first-order valence-corrected chi connectivity index (χ1v) is 14.6. The summed E-state index contributed by atoms with van der Waals surface area (Å²) in [6.07, 6.45) is 0. The highest BCUT2D eigenvalue weighted by Crippen LogP contribution is 2.44. The molecule has 0 aliphatic carbocycles. The number of nitrogens with zero attached hydrogens (tertiary/aromatic N) is 2. The van der Waals surface area contributed by atoms with Crippen molar-refractivity contribution in [3.05, 3.63) is 133 Å². The van der Waals surface area contributed by atoms with E-state index in [0.717, 1.165) is 88.4 Å². The average molecular weight is 567 g/mol. The summed E-state index contributed by atoms with van der Waals surface area (Å²) in [6.45, 7) is 0. The van der Waals surface area contributed by atoms with Crippen molar-refractivity contribution in [3.8, 4) is 11.5 Å². The fourth-order valence-corrected chi connectivity index (χ4v) is 6.69. The van der Waals surface area contributed by atoms with Gasteiger partial charge in [0, 0.05) is 61.0 Å². The van der Waals surface area contributed by atoms with E-state index in [0.29, 0.717) is 5.89 Å². The Morgan fingerprint density at radius 1 is 0.432 bits per heavy atom. The third kappa shape index (κ3) is 3.26. The number of para-hydroxylation sites is 2. The van der Waals surface area contributed by atoms with Crippen LogP contribution in [0.15, 0.2) is 147 Å². The molecule has 0 aliphatic rings. The molecule has 0 fully saturated rings. The maximum absolute atomic E-state index is 6.51. The van der Waals surface area contributed by atoms with Crippen molar-refractivity contribution in [3.63, 3.8) is 0 Å². The molecule has 0 atom stereocenters. The van der Waals surface area contributed by atoms with E-state index in [1.165, 1.54) is 0 Å². The monoisotopic (exact) mass is 566 g/mol. The maximum Gasteiger partial charge on any atom is 0.227 e. The third-order valence-electron chi connectivity index (χ3n) is 8.66. The molecule has 0 aliphatic heterocycles. The Bertz CT molecular complexity index is 2580. The summed E-state index contributed by atoms with van der Waals surface area (Å²) in [5.41, 5.74) is 9.10.